The number of hydrogen-bond donors (Lipinski definition) is 0. The van der Waals surface area contributed by atoms with Crippen LogP contribution in [0.4, 0.5) is 0 Å². The molecule has 2 aromatic heterocycles. The minimum atomic E-state index is -0.445. The summed E-state index contributed by atoms with van der Waals surface area (Å²) in [5.41, 5.74) is 3.36. The van der Waals surface area contributed by atoms with Gasteiger partial charge in [-0.3, -0.25) is 14.3 Å². The van der Waals surface area contributed by atoms with Crippen molar-refractivity contribution < 1.29 is 14.3 Å². The van der Waals surface area contributed by atoms with Crippen LogP contribution in [-0.4, -0.2) is 33.3 Å². The van der Waals surface area contributed by atoms with Crippen LogP contribution in [0.25, 0.3) is 10.2 Å². The molecule has 0 radical (unpaired) electrons. The Kier molecular flexibility index (Phi) is 4.54. The summed E-state index contributed by atoms with van der Waals surface area (Å²) in [7, 11) is 3.07. The standard InChI is InChI=1S/C17H18N4O3S/c1-10-7-13-14(8-11(10)2)25-17(21(13)9-15(22)24-4)18-16(23)12-5-6-20(3)19-12/h5-8H,9H2,1-4H3. The fourth-order valence-electron chi connectivity index (χ4n) is 2.43. The van der Waals surface area contributed by atoms with E-state index in [4.69, 9.17) is 4.74 Å². The molecule has 0 bridgehead atoms. The highest BCUT2D eigenvalue weighted by Crippen LogP contribution is 2.22. The van der Waals surface area contributed by atoms with Crippen molar-refractivity contribution in [3.63, 3.8) is 0 Å². The second-order valence-electron chi connectivity index (χ2n) is 5.74. The Bertz CT molecular complexity index is 1040. The Labute approximate surface area is 148 Å². The van der Waals surface area contributed by atoms with E-state index < -0.39 is 11.9 Å². The van der Waals surface area contributed by atoms with Gasteiger partial charge in [0.25, 0.3) is 5.91 Å². The lowest BCUT2D eigenvalue weighted by molar-refractivity contribution is -0.141. The number of carbonyl (C=O) groups excluding carboxylic acids is 2. The van der Waals surface area contributed by atoms with Crippen molar-refractivity contribution in [2.24, 2.45) is 12.0 Å². The molecular weight excluding hydrogens is 340 g/mol. The van der Waals surface area contributed by atoms with E-state index in [-0.39, 0.29) is 12.2 Å². The summed E-state index contributed by atoms with van der Waals surface area (Å²) in [4.78, 5) is 28.8. The largest absolute Gasteiger partial charge is 0.468 e. The highest BCUT2D eigenvalue weighted by Gasteiger charge is 2.14. The Balaban J connectivity index is 2.18. The molecule has 3 rings (SSSR count). The molecule has 0 aliphatic rings. The lowest BCUT2D eigenvalue weighted by Crippen LogP contribution is -2.22. The summed E-state index contributed by atoms with van der Waals surface area (Å²) in [6.45, 7) is 4.02. The quantitative estimate of drug-likeness (QED) is 0.671. The second-order valence-corrected chi connectivity index (χ2v) is 6.75. The van der Waals surface area contributed by atoms with Crippen molar-refractivity contribution in [3.8, 4) is 0 Å². The monoisotopic (exact) mass is 358 g/mol. The van der Waals surface area contributed by atoms with E-state index in [0.29, 0.717) is 4.80 Å². The van der Waals surface area contributed by atoms with Crippen LogP contribution in [0.3, 0.4) is 0 Å². The zero-order valence-electron chi connectivity index (χ0n) is 14.4. The smallest absolute Gasteiger partial charge is 0.325 e. The van der Waals surface area contributed by atoms with Crippen molar-refractivity contribution in [1.82, 2.24) is 14.3 Å². The first-order valence-corrected chi connectivity index (χ1v) is 8.47. The molecule has 7 nitrogen and oxygen atoms in total. The third kappa shape index (κ3) is 3.39. The van der Waals surface area contributed by atoms with Gasteiger partial charge in [0.15, 0.2) is 10.5 Å². The zero-order chi connectivity index (χ0) is 18.1. The summed E-state index contributed by atoms with van der Waals surface area (Å²) in [5.74, 6) is -0.844. The maximum Gasteiger partial charge on any atom is 0.325 e. The lowest BCUT2D eigenvalue weighted by atomic mass is 10.1. The van der Waals surface area contributed by atoms with Crippen molar-refractivity contribution >= 4 is 33.4 Å². The van der Waals surface area contributed by atoms with Crippen molar-refractivity contribution in [1.29, 1.82) is 0 Å². The van der Waals surface area contributed by atoms with E-state index >= 15 is 0 Å². The van der Waals surface area contributed by atoms with Crippen molar-refractivity contribution in [3.05, 3.63) is 46.0 Å². The number of esters is 1. The molecular formula is C17H18N4O3S. The van der Waals surface area contributed by atoms with Crippen molar-refractivity contribution in [2.45, 2.75) is 20.4 Å². The summed E-state index contributed by atoms with van der Waals surface area (Å²) in [6, 6.07) is 5.64. The average Bonchev–Trinajstić information content (AvgIpc) is 3.13. The zero-order valence-corrected chi connectivity index (χ0v) is 15.3. The van der Waals surface area contributed by atoms with Gasteiger partial charge in [0.05, 0.1) is 17.3 Å². The Morgan fingerprint density at radius 1 is 1.28 bits per heavy atom. The number of fused-ring (bicyclic) bond motifs is 1. The van der Waals surface area contributed by atoms with E-state index in [1.54, 1.807) is 28.6 Å². The van der Waals surface area contributed by atoms with Gasteiger partial charge in [0, 0.05) is 13.2 Å². The summed E-state index contributed by atoms with van der Waals surface area (Å²) < 4.78 is 8.99. The molecule has 3 aromatic rings. The molecule has 25 heavy (non-hydrogen) atoms. The SMILES string of the molecule is COC(=O)Cn1c(=NC(=O)c2ccn(C)n2)sc2cc(C)c(C)cc21. The first-order valence-electron chi connectivity index (χ1n) is 7.65. The van der Waals surface area contributed by atoms with Crippen LogP contribution < -0.4 is 4.80 Å². The number of benzene rings is 1. The Morgan fingerprint density at radius 2 is 2.00 bits per heavy atom. The first-order chi connectivity index (χ1) is 11.9. The summed E-state index contributed by atoms with van der Waals surface area (Å²) >= 11 is 1.36. The second kappa shape index (κ2) is 6.64. The summed E-state index contributed by atoms with van der Waals surface area (Å²) in [5, 5.41) is 4.07. The molecule has 0 N–H and O–H groups in total. The predicted molar refractivity (Wildman–Crippen MR) is 94.4 cm³/mol. The third-order valence-electron chi connectivity index (χ3n) is 3.94. The number of ether oxygens (including phenoxy) is 1. The maximum atomic E-state index is 12.4. The molecule has 0 saturated heterocycles. The van der Waals surface area contributed by atoms with Crippen LogP contribution in [0, 0.1) is 13.8 Å². The number of aromatic nitrogens is 3. The van der Waals surface area contributed by atoms with Gasteiger partial charge in [0.1, 0.15) is 6.54 Å². The van der Waals surface area contributed by atoms with Crippen LogP contribution in [0.5, 0.6) is 0 Å². The fraction of sp³-hybridized carbons (Fsp3) is 0.294. The van der Waals surface area contributed by atoms with Crippen molar-refractivity contribution in [2.75, 3.05) is 7.11 Å². The van der Waals surface area contributed by atoms with E-state index in [1.165, 1.54) is 18.4 Å². The number of carbonyl (C=O) groups is 2. The fourth-order valence-corrected chi connectivity index (χ4v) is 3.53. The average molecular weight is 358 g/mol. The van der Waals surface area contributed by atoms with Crippen LogP contribution in [0.2, 0.25) is 0 Å². The number of hydrogen-bond acceptors (Lipinski definition) is 5. The minimum Gasteiger partial charge on any atom is -0.468 e. The van der Waals surface area contributed by atoms with Gasteiger partial charge in [0.2, 0.25) is 0 Å². The molecule has 0 aliphatic heterocycles. The van der Waals surface area contributed by atoms with Gasteiger partial charge >= 0.3 is 5.97 Å². The molecule has 2 heterocycles. The molecule has 130 valence electrons. The van der Waals surface area contributed by atoms with E-state index in [0.717, 1.165) is 21.3 Å². The molecule has 8 heteroatoms. The topological polar surface area (TPSA) is 78.5 Å². The number of methoxy groups -OCH3 is 1. The number of nitrogens with zero attached hydrogens (tertiary/aromatic N) is 4. The number of rotatable bonds is 3. The number of thiazole rings is 1. The Morgan fingerprint density at radius 3 is 2.64 bits per heavy atom. The van der Waals surface area contributed by atoms with Gasteiger partial charge in [-0.1, -0.05) is 11.3 Å². The Hall–Kier alpha value is -2.74. The van der Waals surface area contributed by atoms with E-state index in [2.05, 4.69) is 10.1 Å². The highest BCUT2D eigenvalue weighted by atomic mass is 32.1. The van der Waals surface area contributed by atoms with Crippen LogP contribution in [-0.2, 0) is 23.1 Å². The van der Waals surface area contributed by atoms with Gasteiger partial charge in [-0.25, -0.2) is 0 Å². The molecule has 0 fully saturated rings. The predicted octanol–water partition coefficient (Wildman–Crippen LogP) is 1.97. The van der Waals surface area contributed by atoms with Gasteiger partial charge in [-0.15, -0.1) is 0 Å². The van der Waals surface area contributed by atoms with Crippen LogP contribution in [0.15, 0.2) is 29.4 Å². The molecule has 0 spiro atoms. The van der Waals surface area contributed by atoms with Gasteiger partial charge < -0.3 is 9.30 Å². The van der Waals surface area contributed by atoms with Gasteiger partial charge in [-0.2, -0.15) is 10.1 Å². The molecule has 0 unspecified atom stereocenters. The molecule has 0 atom stereocenters. The highest BCUT2D eigenvalue weighted by molar-refractivity contribution is 7.16. The van der Waals surface area contributed by atoms with Gasteiger partial charge in [-0.05, 0) is 43.2 Å². The van der Waals surface area contributed by atoms with Crippen LogP contribution in [0.1, 0.15) is 21.6 Å². The minimum absolute atomic E-state index is 0.00661. The molecule has 1 amide bonds. The normalized spacial score (nSPS) is 11.9. The first kappa shape index (κ1) is 17.1. The molecule has 1 aromatic carbocycles. The molecule has 0 saturated carbocycles. The third-order valence-corrected chi connectivity index (χ3v) is 4.98. The maximum absolute atomic E-state index is 12.4. The summed E-state index contributed by atoms with van der Waals surface area (Å²) in [6.07, 6.45) is 1.68. The molecule has 0 aliphatic carbocycles. The lowest BCUT2D eigenvalue weighted by Gasteiger charge is -2.05. The van der Waals surface area contributed by atoms with E-state index in [9.17, 15) is 9.59 Å². The van der Waals surface area contributed by atoms with Crippen LogP contribution >= 0.6 is 11.3 Å². The van der Waals surface area contributed by atoms with E-state index in [1.807, 2.05) is 26.0 Å². The number of amides is 1. The number of aryl methyl sites for hydroxylation is 3.